The van der Waals surface area contributed by atoms with Crippen LogP contribution in [0, 0.1) is 19.7 Å². The number of hydrogen-bond donors (Lipinski definition) is 1. The zero-order chi connectivity index (χ0) is 22.5. The summed E-state index contributed by atoms with van der Waals surface area (Å²) < 4.78 is 24.1. The molecule has 0 aliphatic heterocycles. The van der Waals surface area contributed by atoms with Gasteiger partial charge < -0.3 is 15.0 Å². The molecule has 0 spiro atoms. The Balaban J connectivity index is 1.90. The topological polar surface area (TPSA) is 70.4 Å². The number of pyridine rings is 1. The summed E-state index contributed by atoms with van der Waals surface area (Å²) >= 11 is 0. The Bertz CT molecular complexity index is 1120. The normalized spacial score (nSPS) is 12.9. The third kappa shape index (κ3) is 5.05. The van der Waals surface area contributed by atoms with Gasteiger partial charge in [-0.15, -0.1) is 0 Å². The lowest BCUT2D eigenvalue weighted by atomic mass is 10.1. The van der Waals surface area contributed by atoms with Crippen molar-refractivity contribution in [1.82, 2.24) is 14.3 Å². The Labute approximate surface area is 183 Å². The highest BCUT2D eigenvalue weighted by Crippen LogP contribution is 2.31. The van der Waals surface area contributed by atoms with Crippen LogP contribution in [0.1, 0.15) is 36.3 Å². The molecule has 0 aliphatic carbocycles. The van der Waals surface area contributed by atoms with Crippen molar-refractivity contribution in [3.63, 3.8) is 0 Å². The second-order valence-electron chi connectivity index (χ2n) is 7.85. The van der Waals surface area contributed by atoms with Crippen LogP contribution < -0.4 is 16.0 Å². The van der Waals surface area contributed by atoms with Crippen LogP contribution in [-0.4, -0.2) is 34.5 Å². The third-order valence-corrected chi connectivity index (χ3v) is 5.77. The van der Waals surface area contributed by atoms with Gasteiger partial charge in [0.1, 0.15) is 17.1 Å². The maximum absolute atomic E-state index is 14.0. The second-order valence-corrected chi connectivity index (χ2v) is 7.85. The predicted molar refractivity (Wildman–Crippen MR) is 122 cm³/mol. The number of nitrogens with zero attached hydrogens (tertiary/aromatic N) is 4. The maximum Gasteiger partial charge on any atom is 0.130 e. The van der Waals surface area contributed by atoms with Crippen molar-refractivity contribution in [2.45, 2.75) is 39.7 Å². The van der Waals surface area contributed by atoms with E-state index in [1.54, 1.807) is 13.1 Å². The van der Waals surface area contributed by atoms with Crippen LogP contribution in [0.3, 0.4) is 0 Å². The van der Waals surface area contributed by atoms with Gasteiger partial charge in [0.05, 0.1) is 12.3 Å². The Morgan fingerprint density at radius 1 is 1.23 bits per heavy atom. The minimum Gasteiger partial charge on any atom is -0.492 e. The van der Waals surface area contributed by atoms with Crippen LogP contribution >= 0.6 is 0 Å². The molecular weight excluding hydrogens is 393 g/mol. The van der Waals surface area contributed by atoms with Gasteiger partial charge >= 0.3 is 0 Å². The molecule has 1 aromatic carbocycles. The van der Waals surface area contributed by atoms with E-state index in [4.69, 9.17) is 10.5 Å². The summed E-state index contributed by atoms with van der Waals surface area (Å²) in [5.74, 6) is 0.204. The lowest BCUT2D eigenvalue weighted by Gasteiger charge is -2.18. The van der Waals surface area contributed by atoms with E-state index in [1.165, 1.54) is 17.7 Å². The quantitative estimate of drug-likeness (QED) is 0.598. The zero-order valence-corrected chi connectivity index (χ0v) is 19.0. The van der Waals surface area contributed by atoms with E-state index in [0.717, 1.165) is 34.4 Å². The van der Waals surface area contributed by atoms with Crippen LogP contribution in [0.15, 0.2) is 41.5 Å². The van der Waals surface area contributed by atoms with Gasteiger partial charge in [0.15, 0.2) is 0 Å². The summed E-state index contributed by atoms with van der Waals surface area (Å²) in [5, 5.41) is 4.45. The Kier molecular flexibility index (Phi) is 7.28. The molecule has 0 fully saturated rings. The first kappa shape index (κ1) is 22.7. The molecule has 0 aliphatic rings. The smallest absolute Gasteiger partial charge is 0.130 e. The summed E-state index contributed by atoms with van der Waals surface area (Å²) in [7, 11) is 3.71. The number of benzene rings is 1. The molecule has 166 valence electrons. The molecule has 0 amide bonds. The molecule has 0 saturated heterocycles. The van der Waals surface area contributed by atoms with Crippen LogP contribution in [0.2, 0.25) is 0 Å². The average Bonchev–Trinajstić information content (AvgIpc) is 2.99. The number of nitrogens with two attached hydrogens (primary N) is 1. The lowest BCUT2D eigenvalue weighted by molar-refractivity contribution is 0.321. The third-order valence-electron chi connectivity index (χ3n) is 5.77. The maximum atomic E-state index is 14.0. The summed E-state index contributed by atoms with van der Waals surface area (Å²) in [6, 6.07) is 8.83. The molecule has 6 nitrogen and oxygen atoms in total. The molecule has 2 heterocycles. The summed E-state index contributed by atoms with van der Waals surface area (Å²) in [6.45, 7) is 7.20. The number of aromatic nitrogens is 3. The predicted octanol–water partition coefficient (Wildman–Crippen LogP) is 3.71. The number of aryl methyl sites for hydroxylation is 2. The van der Waals surface area contributed by atoms with Crippen molar-refractivity contribution in [3.8, 4) is 16.9 Å². The van der Waals surface area contributed by atoms with Crippen molar-refractivity contribution >= 4 is 0 Å². The highest BCUT2D eigenvalue weighted by atomic mass is 19.1. The fourth-order valence-electron chi connectivity index (χ4n) is 3.89. The first-order valence-electron chi connectivity index (χ1n) is 10.6. The van der Waals surface area contributed by atoms with Crippen molar-refractivity contribution in [3.05, 3.63) is 64.8 Å². The molecule has 2 N–H and O–H groups in total. The first-order chi connectivity index (χ1) is 14.8. The zero-order valence-electron chi connectivity index (χ0n) is 19.0. The van der Waals surface area contributed by atoms with Gasteiger partial charge in [-0.3, -0.25) is 9.67 Å². The van der Waals surface area contributed by atoms with Crippen LogP contribution in [0.5, 0.6) is 5.75 Å². The van der Waals surface area contributed by atoms with Crippen LogP contribution in [0.25, 0.3) is 11.1 Å². The Hall–Kier alpha value is -2.93. The van der Waals surface area contributed by atoms with E-state index in [2.05, 4.69) is 21.6 Å². The molecule has 0 saturated carbocycles. The number of halogens is 1. The van der Waals surface area contributed by atoms with Crippen molar-refractivity contribution in [2.75, 3.05) is 20.2 Å². The fourth-order valence-corrected chi connectivity index (χ4v) is 3.89. The molecule has 0 bridgehead atoms. The van der Waals surface area contributed by atoms with Gasteiger partial charge in [-0.2, -0.15) is 5.10 Å². The molecule has 7 heteroatoms. The summed E-state index contributed by atoms with van der Waals surface area (Å²) in [6.07, 6.45) is 3.59. The monoisotopic (exact) mass is 425 g/mol. The molecule has 31 heavy (non-hydrogen) atoms. The molecule has 1 unspecified atom stereocenters. The number of ether oxygens (including phenoxy) is 1. The molecule has 1 atom stereocenters. The minimum absolute atomic E-state index is 0.199. The van der Waals surface area contributed by atoms with Gasteiger partial charge in [-0.25, -0.2) is 4.39 Å². The van der Waals surface area contributed by atoms with Crippen LogP contribution in [-0.2, 0) is 13.5 Å². The van der Waals surface area contributed by atoms with Gasteiger partial charge in [0.2, 0.25) is 0 Å². The SMILES string of the molecule is CN=c1ccc(-c2ccc(F)cc2OCCc2c(C)nn(C)c2C)cn1C(C)CCN. The highest BCUT2D eigenvalue weighted by Gasteiger charge is 2.13. The molecule has 3 aromatic rings. The molecular formula is C24H32FN5O. The van der Waals surface area contributed by atoms with E-state index < -0.39 is 0 Å². The number of rotatable bonds is 8. The fraction of sp³-hybridized carbons (Fsp3) is 0.417. The highest BCUT2D eigenvalue weighted by molar-refractivity contribution is 5.69. The van der Waals surface area contributed by atoms with E-state index >= 15 is 0 Å². The van der Waals surface area contributed by atoms with E-state index in [1.807, 2.05) is 43.9 Å². The summed E-state index contributed by atoms with van der Waals surface area (Å²) in [5.41, 5.74) is 11.7. The lowest BCUT2D eigenvalue weighted by Crippen LogP contribution is -2.25. The van der Waals surface area contributed by atoms with Gasteiger partial charge in [0.25, 0.3) is 0 Å². The van der Waals surface area contributed by atoms with Crippen LogP contribution in [0.4, 0.5) is 4.39 Å². The Morgan fingerprint density at radius 3 is 2.65 bits per heavy atom. The molecule has 2 aromatic heterocycles. The minimum atomic E-state index is -0.322. The largest absolute Gasteiger partial charge is 0.492 e. The van der Waals surface area contributed by atoms with Gasteiger partial charge in [0, 0.05) is 55.6 Å². The summed E-state index contributed by atoms with van der Waals surface area (Å²) in [4.78, 5) is 4.37. The standard InChI is InChI=1S/C24H32FN5O/c1-16(10-12-26)30-15-19(6-9-24(30)27-4)22-8-7-20(25)14-23(22)31-13-11-21-17(2)28-29(5)18(21)3/h6-9,14-16H,10-13,26H2,1-5H3. The van der Waals surface area contributed by atoms with E-state index in [9.17, 15) is 4.39 Å². The molecule has 3 rings (SSSR count). The van der Waals surface area contributed by atoms with E-state index in [-0.39, 0.29) is 11.9 Å². The molecule has 0 radical (unpaired) electrons. The van der Waals surface area contributed by atoms with E-state index in [0.29, 0.717) is 25.3 Å². The second kappa shape index (κ2) is 9.92. The van der Waals surface area contributed by atoms with Gasteiger partial charge in [-0.05, 0) is 63.6 Å². The van der Waals surface area contributed by atoms with Gasteiger partial charge in [-0.1, -0.05) is 0 Å². The van der Waals surface area contributed by atoms with Crippen molar-refractivity contribution < 1.29 is 9.13 Å². The number of hydrogen-bond acceptors (Lipinski definition) is 4. The van der Waals surface area contributed by atoms with Crippen molar-refractivity contribution in [2.24, 2.45) is 17.8 Å². The first-order valence-corrected chi connectivity index (χ1v) is 10.6. The average molecular weight is 426 g/mol. The van der Waals surface area contributed by atoms with Crippen molar-refractivity contribution in [1.29, 1.82) is 0 Å². The Morgan fingerprint density at radius 2 is 2.00 bits per heavy atom.